The first-order chi connectivity index (χ1) is 10.7. The van der Waals surface area contributed by atoms with E-state index in [0.29, 0.717) is 13.0 Å². The third kappa shape index (κ3) is 3.14. The number of para-hydroxylation sites is 1. The predicted molar refractivity (Wildman–Crippen MR) is 88.4 cm³/mol. The molecule has 3 aromatic rings. The van der Waals surface area contributed by atoms with E-state index in [0.717, 1.165) is 22.0 Å². The van der Waals surface area contributed by atoms with E-state index in [1.54, 1.807) is 11.1 Å². The van der Waals surface area contributed by atoms with Crippen LogP contribution in [0.3, 0.4) is 0 Å². The normalized spacial score (nSPS) is 10.6. The Morgan fingerprint density at radius 2 is 1.77 bits per heavy atom. The summed E-state index contributed by atoms with van der Waals surface area (Å²) in [6.45, 7) is 0.623. The maximum Gasteiger partial charge on any atom is 0.227 e. The number of pyridine rings is 1. The molecule has 0 saturated heterocycles. The van der Waals surface area contributed by atoms with E-state index < -0.39 is 0 Å². The summed E-state index contributed by atoms with van der Waals surface area (Å²) in [7, 11) is 1.84. The lowest BCUT2D eigenvalue weighted by Crippen LogP contribution is -2.27. The van der Waals surface area contributed by atoms with Gasteiger partial charge in [-0.2, -0.15) is 0 Å². The topological polar surface area (TPSA) is 33.2 Å². The molecule has 0 saturated carbocycles. The van der Waals surface area contributed by atoms with Crippen molar-refractivity contribution in [1.82, 2.24) is 9.88 Å². The number of hydrogen-bond donors (Lipinski definition) is 0. The van der Waals surface area contributed by atoms with Gasteiger partial charge >= 0.3 is 0 Å². The maximum atomic E-state index is 12.5. The van der Waals surface area contributed by atoms with Gasteiger partial charge in [0.25, 0.3) is 0 Å². The van der Waals surface area contributed by atoms with Crippen LogP contribution < -0.4 is 0 Å². The van der Waals surface area contributed by atoms with Crippen LogP contribution in [-0.4, -0.2) is 22.8 Å². The van der Waals surface area contributed by atoms with Gasteiger partial charge in [-0.3, -0.25) is 9.78 Å². The Morgan fingerprint density at radius 1 is 1.00 bits per heavy atom. The van der Waals surface area contributed by atoms with Crippen molar-refractivity contribution >= 4 is 16.8 Å². The van der Waals surface area contributed by atoms with E-state index in [-0.39, 0.29) is 5.91 Å². The van der Waals surface area contributed by atoms with Crippen molar-refractivity contribution in [1.29, 1.82) is 0 Å². The number of aromatic nitrogens is 1. The first-order valence-corrected chi connectivity index (χ1v) is 7.34. The van der Waals surface area contributed by atoms with Crippen molar-refractivity contribution in [3.8, 4) is 0 Å². The van der Waals surface area contributed by atoms with Gasteiger partial charge in [0.05, 0.1) is 11.9 Å². The van der Waals surface area contributed by atoms with E-state index >= 15 is 0 Å². The quantitative estimate of drug-likeness (QED) is 0.737. The number of nitrogens with zero attached hydrogens (tertiary/aromatic N) is 2. The fourth-order valence-electron chi connectivity index (χ4n) is 2.55. The SMILES string of the molecule is CN(Cc1ccccc1)C(=O)Cc1cccc2cccnc12. The molecule has 110 valence electrons. The first kappa shape index (κ1) is 14.3. The van der Waals surface area contributed by atoms with Gasteiger partial charge in [-0.25, -0.2) is 0 Å². The maximum absolute atomic E-state index is 12.5. The minimum Gasteiger partial charge on any atom is -0.341 e. The van der Waals surface area contributed by atoms with Gasteiger partial charge < -0.3 is 4.90 Å². The Hall–Kier alpha value is -2.68. The Balaban J connectivity index is 1.75. The molecule has 3 rings (SSSR count). The molecule has 0 bridgehead atoms. The van der Waals surface area contributed by atoms with Crippen LogP contribution in [-0.2, 0) is 17.8 Å². The summed E-state index contributed by atoms with van der Waals surface area (Å²) in [6, 6.07) is 19.9. The summed E-state index contributed by atoms with van der Waals surface area (Å²) in [6.07, 6.45) is 2.14. The molecule has 0 spiro atoms. The van der Waals surface area contributed by atoms with Gasteiger partial charge in [0.1, 0.15) is 0 Å². The summed E-state index contributed by atoms with van der Waals surface area (Å²) < 4.78 is 0. The van der Waals surface area contributed by atoms with E-state index in [1.807, 2.05) is 67.7 Å². The molecule has 3 heteroatoms. The molecule has 1 heterocycles. The van der Waals surface area contributed by atoms with E-state index in [4.69, 9.17) is 0 Å². The third-order valence-corrected chi connectivity index (χ3v) is 3.75. The minimum absolute atomic E-state index is 0.0991. The van der Waals surface area contributed by atoms with Crippen LogP contribution in [0.15, 0.2) is 66.9 Å². The number of carbonyl (C=O) groups is 1. The van der Waals surface area contributed by atoms with Crippen molar-refractivity contribution in [2.75, 3.05) is 7.05 Å². The van der Waals surface area contributed by atoms with Crippen molar-refractivity contribution in [3.63, 3.8) is 0 Å². The standard InChI is InChI=1S/C19H18N2O/c1-21(14-15-7-3-2-4-8-15)18(22)13-17-10-5-9-16-11-6-12-20-19(16)17/h2-12H,13-14H2,1H3. The van der Waals surface area contributed by atoms with Crippen LogP contribution in [0.2, 0.25) is 0 Å². The van der Waals surface area contributed by atoms with Crippen molar-refractivity contribution in [3.05, 3.63) is 78.0 Å². The number of hydrogen-bond acceptors (Lipinski definition) is 2. The van der Waals surface area contributed by atoms with Crippen LogP contribution in [0.5, 0.6) is 0 Å². The molecule has 3 nitrogen and oxygen atoms in total. The third-order valence-electron chi connectivity index (χ3n) is 3.75. The average molecular weight is 290 g/mol. The number of amides is 1. The number of likely N-dealkylation sites (N-methyl/N-ethyl adjacent to an activating group) is 1. The van der Waals surface area contributed by atoms with Crippen molar-refractivity contribution in [2.45, 2.75) is 13.0 Å². The van der Waals surface area contributed by atoms with Gasteiger partial charge in [0.15, 0.2) is 0 Å². The van der Waals surface area contributed by atoms with E-state index in [9.17, 15) is 4.79 Å². The number of rotatable bonds is 4. The Bertz CT molecular complexity index is 778. The lowest BCUT2D eigenvalue weighted by atomic mass is 10.1. The van der Waals surface area contributed by atoms with Crippen LogP contribution in [0.4, 0.5) is 0 Å². The molecule has 22 heavy (non-hydrogen) atoms. The number of fused-ring (bicyclic) bond motifs is 1. The second-order valence-electron chi connectivity index (χ2n) is 5.40. The predicted octanol–water partition coefficient (Wildman–Crippen LogP) is 3.44. The highest BCUT2D eigenvalue weighted by atomic mass is 16.2. The summed E-state index contributed by atoms with van der Waals surface area (Å²) >= 11 is 0. The molecule has 0 aliphatic carbocycles. The lowest BCUT2D eigenvalue weighted by Gasteiger charge is -2.17. The van der Waals surface area contributed by atoms with Crippen LogP contribution in [0.25, 0.3) is 10.9 Å². The van der Waals surface area contributed by atoms with Gasteiger partial charge in [0.2, 0.25) is 5.91 Å². The molecular weight excluding hydrogens is 272 g/mol. The Kier molecular flexibility index (Phi) is 4.15. The Labute approximate surface area is 130 Å². The molecule has 1 amide bonds. The fourth-order valence-corrected chi connectivity index (χ4v) is 2.55. The summed E-state index contributed by atoms with van der Waals surface area (Å²) in [5.74, 6) is 0.0991. The summed E-state index contributed by atoms with van der Waals surface area (Å²) in [5, 5.41) is 1.07. The molecule has 2 aromatic carbocycles. The molecule has 0 radical (unpaired) electrons. The molecule has 0 N–H and O–H groups in total. The Morgan fingerprint density at radius 3 is 2.59 bits per heavy atom. The van der Waals surface area contributed by atoms with E-state index in [1.165, 1.54) is 0 Å². The molecule has 0 atom stereocenters. The average Bonchev–Trinajstić information content (AvgIpc) is 2.56. The van der Waals surface area contributed by atoms with E-state index in [2.05, 4.69) is 4.98 Å². The second kappa shape index (κ2) is 6.39. The first-order valence-electron chi connectivity index (χ1n) is 7.34. The van der Waals surface area contributed by atoms with Gasteiger partial charge in [0, 0.05) is 25.2 Å². The highest BCUT2D eigenvalue weighted by Gasteiger charge is 2.12. The van der Waals surface area contributed by atoms with Crippen LogP contribution in [0.1, 0.15) is 11.1 Å². The minimum atomic E-state index is 0.0991. The zero-order chi connectivity index (χ0) is 15.4. The summed E-state index contributed by atoms with van der Waals surface area (Å²) in [5.41, 5.74) is 3.02. The monoisotopic (exact) mass is 290 g/mol. The molecule has 1 aromatic heterocycles. The highest BCUT2D eigenvalue weighted by Crippen LogP contribution is 2.17. The fraction of sp³-hybridized carbons (Fsp3) is 0.158. The molecule has 0 unspecified atom stereocenters. The lowest BCUT2D eigenvalue weighted by molar-refractivity contribution is -0.129. The van der Waals surface area contributed by atoms with Gasteiger partial charge in [-0.15, -0.1) is 0 Å². The zero-order valence-corrected chi connectivity index (χ0v) is 12.6. The zero-order valence-electron chi connectivity index (χ0n) is 12.6. The van der Waals surface area contributed by atoms with Crippen LogP contribution >= 0.6 is 0 Å². The van der Waals surface area contributed by atoms with Gasteiger partial charge in [-0.05, 0) is 17.2 Å². The molecular formula is C19H18N2O. The molecule has 0 fully saturated rings. The van der Waals surface area contributed by atoms with Crippen molar-refractivity contribution in [2.24, 2.45) is 0 Å². The summed E-state index contributed by atoms with van der Waals surface area (Å²) in [4.78, 5) is 18.6. The molecule has 0 aliphatic heterocycles. The van der Waals surface area contributed by atoms with Crippen LogP contribution in [0, 0.1) is 0 Å². The number of carbonyl (C=O) groups excluding carboxylic acids is 1. The largest absolute Gasteiger partial charge is 0.341 e. The van der Waals surface area contributed by atoms with Crippen molar-refractivity contribution < 1.29 is 4.79 Å². The smallest absolute Gasteiger partial charge is 0.227 e. The van der Waals surface area contributed by atoms with Gasteiger partial charge in [-0.1, -0.05) is 54.6 Å². The second-order valence-corrected chi connectivity index (χ2v) is 5.40. The molecule has 0 aliphatic rings. The number of benzene rings is 2. The highest BCUT2D eigenvalue weighted by molar-refractivity contribution is 5.87.